The third kappa shape index (κ3) is 3.16. The summed E-state index contributed by atoms with van der Waals surface area (Å²) in [6, 6.07) is 1.34. The van der Waals surface area contributed by atoms with Crippen LogP contribution in [0.3, 0.4) is 0 Å². The Morgan fingerprint density at radius 2 is 2.00 bits per heavy atom. The molecule has 0 radical (unpaired) electrons. The first-order valence-corrected chi connectivity index (χ1v) is 4.44. The first-order valence-electron chi connectivity index (χ1n) is 4.06. The maximum absolute atomic E-state index is 13.1. The number of carbonyl (C=O) groups excluding carboxylic acids is 1. The van der Waals surface area contributed by atoms with Crippen LogP contribution in [0, 0.1) is 11.6 Å². The number of nitrogens with one attached hydrogen (secondary N) is 1. The molecule has 0 atom stereocenters. The summed E-state index contributed by atoms with van der Waals surface area (Å²) >= 11 is 5.47. The molecule has 0 aliphatic carbocycles. The smallest absolute Gasteiger partial charge is 0.312 e. The Labute approximate surface area is 93.8 Å². The molecule has 0 heterocycles. The van der Waals surface area contributed by atoms with Crippen LogP contribution in [0.25, 0.3) is 0 Å². The molecule has 0 aliphatic heterocycles. The third-order valence-electron chi connectivity index (χ3n) is 1.58. The van der Waals surface area contributed by atoms with E-state index in [1.54, 1.807) is 0 Å². The second kappa shape index (κ2) is 4.89. The van der Waals surface area contributed by atoms with Gasteiger partial charge in [-0.3, -0.25) is 9.59 Å². The zero-order chi connectivity index (χ0) is 12.3. The minimum atomic E-state index is -1.36. The lowest BCUT2D eigenvalue weighted by atomic mass is 10.2. The summed E-state index contributed by atoms with van der Waals surface area (Å²) in [5, 5.41) is 9.90. The second-order valence-electron chi connectivity index (χ2n) is 2.86. The molecule has 0 aromatic heterocycles. The molecule has 0 unspecified atom stereocenters. The van der Waals surface area contributed by atoms with Crippen LogP contribution in [0.1, 0.15) is 6.42 Å². The highest BCUT2D eigenvalue weighted by Gasteiger charge is 2.14. The van der Waals surface area contributed by atoms with Crippen molar-refractivity contribution in [2.75, 3.05) is 5.32 Å². The van der Waals surface area contributed by atoms with E-state index in [2.05, 4.69) is 0 Å². The predicted molar refractivity (Wildman–Crippen MR) is 52.3 cm³/mol. The van der Waals surface area contributed by atoms with Crippen molar-refractivity contribution < 1.29 is 23.5 Å². The first-order chi connectivity index (χ1) is 7.40. The molecular formula is C9H6ClF2NO3. The Balaban J connectivity index is 2.89. The van der Waals surface area contributed by atoms with Gasteiger partial charge in [-0.1, -0.05) is 11.6 Å². The van der Waals surface area contributed by atoms with Gasteiger partial charge in [0.25, 0.3) is 0 Å². The fraction of sp³-hybridized carbons (Fsp3) is 0.111. The minimum Gasteiger partial charge on any atom is -0.481 e. The zero-order valence-electron chi connectivity index (χ0n) is 7.76. The van der Waals surface area contributed by atoms with E-state index in [1.165, 1.54) is 0 Å². The lowest BCUT2D eigenvalue weighted by Gasteiger charge is -2.07. The van der Waals surface area contributed by atoms with Gasteiger partial charge in [0, 0.05) is 6.07 Å². The number of hydrogen-bond acceptors (Lipinski definition) is 2. The Morgan fingerprint density at radius 3 is 2.50 bits per heavy atom. The summed E-state index contributed by atoms with van der Waals surface area (Å²) in [6.45, 7) is 0. The third-order valence-corrected chi connectivity index (χ3v) is 1.88. The molecule has 16 heavy (non-hydrogen) atoms. The molecule has 1 rings (SSSR count). The van der Waals surface area contributed by atoms with Crippen LogP contribution in [0.5, 0.6) is 0 Å². The summed E-state index contributed by atoms with van der Waals surface area (Å²) in [4.78, 5) is 21.2. The van der Waals surface area contributed by atoms with Crippen molar-refractivity contribution >= 4 is 29.2 Å². The number of anilines is 1. The van der Waals surface area contributed by atoms with Gasteiger partial charge < -0.3 is 10.4 Å². The first kappa shape index (κ1) is 12.4. The Morgan fingerprint density at radius 1 is 1.38 bits per heavy atom. The molecule has 0 bridgehead atoms. The number of carbonyl (C=O) groups is 2. The molecule has 1 aromatic carbocycles. The monoisotopic (exact) mass is 249 g/mol. The van der Waals surface area contributed by atoms with Crippen LogP contribution in [0.4, 0.5) is 14.5 Å². The number of amides is 1. The number of carboxylic acids is 1. The lowest BCUT2D eigenvalue weighted by Crippen LogP contribution is -2.17. The van der Waals surface area contributed by atoms with Crippen molar-refractivity contribution in [3.05, 3.63) is 28.8 Å². The summed E-state index contributed by atoms with van der Waals surface area (Å²) in [5.74, 6) is -4.27. The van der Waals surface area contributed by atoms with E-state index in [1.807, 2.05) is 5.32 Å². The summed E-state index contributed by atoms with van der Waals surface area (Å²) < 4.78 is 25.7. The number of hydrogen-bond donors (Lipinski definition) is 2. The van der Waals surface area contributed by atoms with Crippen molar-refractivity contribution in [2.45, 2.75) is 6.42 Å². The van der Waals surface area contributed by atoms with Gasteiger partial charge in [-0.05, 0) is 6.07 Å². The summed E-state index contributed by atoms with van der Waals surface area (Å²) in [7, 11) is 0. The zero-order valence-corrected chi connectivity index (χ0v) is 8.52. The van der Waals surface area contributed by atoms with Crippen molar-refractivity contribution in [1.82, 2.24) is 0 Å². The van der Waals surface area contributed by atoms with E-state index in [4.69, 9.17) is 16.7 Å². The van der Waals surface area contributed by atoms with Gasteiger partial charge in [-0.2, -0.15) is 0 Å². The van der Waals surface area contributed by atoms with Crippen molar-refractivity contribution in [3.8, 4) is 0 Å². The van der Waals surface area contributed by atoms with Gasteiger partial charge in [0.1, 0.15) is 12.2 Å². The lowest BCUT2D eigenvalue weighted by molar-refractivity contribution is -0.139. The van der Waals surface area contributed by atoms with Crippen molar-refractivity contribution in [2.24, 2.45) is 0 Å². The Bertz CT molecular complexity index is 427. The fourth-order valence-corrected chi connectivity index (χ4v) is 1.22. The van der Waals surface area contributed by atoms with Gasteiger partial charge in [-0.25, -0.2) is 8.78 Å². The van der Waals surface area contributed by atoms with E-state index in [0.29, 0.717) is 6.07 Å². The Hall–Kier alpha value is -1.69. The molecule has 0 saturated heterocycles. The number of halogens is 3. The van der Waals surface area contributed by atoms with E-state index in [0.717, 1.165) is 6.07 Å². The Kier molecular flexibility index (Phi) is 3.78. The topological polar surface area (TPSA) is 66.4 Å². The number of aliphatic carboxylic acids is 1. The fourth-order valence-electron chi connectivity index (χ4n) is 0.983. The van der Waals surface area contributed by atoms with Crippen LogP contribution >= 0.6 is 11.6 Å². The van der Waals surface area contributed by atoms with E-state index < -0.39 is 35.6 Å². The molecular weight excluding hydrogens is 244 g/mol. The molecule has 0 saturated carbocycles. The van der Waals surface area contributed by atoms with Gasteiger partial charge in [0.15, 0.2) is 5.82 Å². The average Bonchev–Trinajstić information content (AvgIpc) is 2.09. The second-order valence-corrected chi connectivity index (χ2v) is 3.27. The van der Waals surface area contributed by atoms with Crippen LogP contribution in [0.15, 0.2) is 12.1 Å². The van der Waals surface area contributed by atoms with Crippen LogP contribution in [-0.2, 0) is 9.59 Å². The average molecular weight is 250 g/mol. The predicted octanol–water partition coefficient (Wildman–Crippen LogP) is 2.03. The molecule has 1 amide bonds. The maximum atomic E-state index is 13.1. The largest absolute Gasteiger partial charge is 0.481 e. The van der Waals surface area contributed by atoms with Crippen molar-refractivity contribution in [1.29, 1.82) is 0 Å². The van der Waals surface area contributed by atoms with Crippen LogP contribution in [-0.4, -0.2) is 17.0 Å². The van der Waals surface area contributed by atoms with Crippen molar-refractivity contribution in [3.63, 3.8) is 0 Å². The highest BCUT2D eigenvalue weighted by atomic mass is 35.5. The molecule has 2 N–H and O–H groups in total. The van der Waals surface area contributed by atoms with E-state index in [9.17, 15) is 18.4 Å². The molecule has 86 valence electrons. The molecule has 1 aromatic rings. The SMILES string of the molecule is O=C(O)CC(=O)Nc1c(F)cc(F)cc1Cl. The van der Waals surface area contributed by atoms with E-state index >= 15 is 0 Å². The molecule has 0 fully saturated rings. The van der Waals surface area contributed by atoms with Gasteiger partial charge in [0.05, 0.1) is 10.7 Å². The quantitative estimate of drug-likeness (QED) is 0.806. The summed E-state index contributed by atoms with van der Waals surface area (Å²) in [5.41, 5.74) is -0.436. The molecule has 7 heteroatoms. The molecule has 0 aliphatic rings. The molecule has 4 nitrogen and oxygen atoms in total. The van der Waals surface area contributed by atoms with Gasteiger partial charge in [0.2, 0.25) is 5.91 Å². The standard InChI is InChI=1S/C9H6ClF2NO3/c10-5-1-4(11)2-6(12)9(5)13-7(14)3-8(15)16/h1-2H,3H2,(H,13,14)(H,15,16). The molecule has 0 spiro atoms. The number of carboxylic acid groups (broad SMARTS) is 1. The van der Waals surface area contributed by atoms with Crippen LogP contribution in [0.2, 0.25) is 5.02 Å². The van der Waals surface area contributed by atoms with Gasteiger partial charge in [-0.15, -0.1) is 0 Å². The number of benzene rings is 1. The van der Waals surface area contributed by atoms with Gasteiger partial charge >= 0.3 is 5.97 Å². The minimum absolute atomic E-state index is 0.337. The van der Waals surface area contributed by atoms with Crippen LogP contribution < -0.4 is 5.32 Å². The highest BCUT2D eigenvalue weighted by Crippen LogP contribution is 2.26. The van der Waals surface area contributed by atoms with E-state index in [-0.39, 0.29) is 5.02 Å². The normalized spacial score (nSPS) is 9.94. The number of rotatable bonds is 3. The summed E-state index contributed by atoms with van der Waals surface area (Å²) in [6.07, 6.45) is -0.826. The highest BCUT2D eigenvalue weighted by molar-refractivity contribution is 6.33. The maximum Gasteiger partial charge on any atom is 0.312 e.